The van der Waals surface area contributed by atoms with Crippen molar-refractivity contribution in [3.63, 3.8) is 0 Å². The summed E-state index contributed by atoms with van der Waals surface area (Å²) >= 11 is 3.44. The van der Waals surface area contributed by atoms with Gasteiger partial charge in [-0.3, -0.25) is 4.98 Å². The zero-order valence-corrected chi connectivity index (χ0v) is 15.0. The molecule has 2 heteroatoms. The fourth-order valence-electron chi connectivity index (χ4n) is 3.47. The minimum Gasteiger partial charge on any atom is -0.255 e. The van der Waals surface area contributed by atoms with E-state index in [9.17, 15) is 0 Å². The van der Waals surface area contributed by atoms with Gasteiger partial charge in [0.2, 0.25) is 0 Å². The lowest BCUT2D eigenvalue weighted by Gasteiger charge is -2.38. The number of rotatable bonds is 1. The molecule has 1 unspecified atom stereocenters. The molecule has 2 aromatic rings. The molecule has 0 N–H and O–H groups in total. The molecule has 0 bridgehead atoms. The molecular formula is C19H22BrN. The van der Waals surface area contributed by atoms with Crippen LogP contribution in [-0.2, 0) is 5.41 Å². The summed E-state index contributed by atoms with van der Waals surface area (Å²) in [6.07, 6.45) is 1.86. The van der Waals surface area contributed by atoms with Crippen LogP contribution in [0.5, 0.6) is 0 Å². The van der Waals surface area contributed by atoms with E-state index in [0.29, 0.717) is 5.92 Å². The number of hydrogen-bond donors (Lipinski definition) is 0. The van der Waals surface area contributed by atoms with E-state index in [1.54, 1.807) is 0 Å². The van der Waals surface area contributed by atoms with E-state index in [-0.39, 0.29) is 10.8 Å². The zero-order chi connectivity index (χ0) is 15.4. The van der Waals surface area contributed by atoms with Gasteiger partial charge in [0.15, 0.2) is 0 Å². The predicted molar refractivity (Wildman–Crippen MR) is 92.6 cm³/mol. The number of nitrogens with zero attached hydrogens (tertiary/aromatic N) is 1. The molecule has 0 saturated carbocycles. The summed E-state index contributed by atoms with van der Waals surface area (Å²) in [5, 5.41) is 0. The molecule has 0 radical (unpaired) electrons. The van der Waals surface area contributed by atoms with Crippen LogP contribution < -0.4 is 0 Å². The SMILES string of the molecule is CC1c2cc(-c3ccc(Br)cn3)ccc2C(C)(C)C1(C)C. The predicted octanol–water partition coefficient (Wildman–Crippen LogP) is 5.93. The highest BCUT2D eigenvalue weighted by Gasteiger charge is 2.50. The second kappa shape index (κ2) is 4.67. The van der Waals surface area contributed by atoms with E-state index < -0.39 is 0 Å². The highest BCUT2D eigenvalue weighted by Crippen LogP contribution is 2.58. The maximum Gasteiger partial charge on any atom is 0.0702 e. The van der Waals surface area contributed by atoms with Crippen molar-refractivity contribution in [1.29, 1.82) is 0 Å². The number of halogens is 1. The number of benzene rings is 1. The Morgan fingerprint density at radius 1 is 1.05 bits per heavy atom. The van der Waals surface area contributed by atoms with E-state index in [1.165, 1.54) is 16.7 Å². The smallest absolute Gasteiger partial charge is 0.0702 e. The van der Waals surface area contributed by atoms with Crippen LogP contribution in [0, 0.1) is 5.41 Å². The van der Waals surface area contributed by atoms with Gasteiger partial charge < -0.3 is 0 Å². The summed E-state index contributed by atoms with van der Waals surface area (Å²) in [5.74, 6) is 0.554. The van der Waals surface area contributed by atoms with Gasteiger partial charge in [-0.1, -0.05) is 46.8 Å². The van der Waals surface area contributed by atoms with Crippen LogP contribution in [0.1, 0.15) is 51.7 Å². The Balaban J connectivity index is 2.12. The van der Waals surface area contributed by atoms with E-state index >= 15 is 0 Å². The summed E-state index contributed by atoms with van der Waals surface area (Å²) in [7, 11) is 0. The number of hydrogen-bond acceptors (Lipinski definition) is 1. The van der Waals surface area contributed by atoms with Crippen molar-refractivity contribution in [3.05, 3.63) is 52.1 Å². The molecule has 1 nitrogen and oxygen atoms in total. The van der Waals surface area contributed by atoms with Crippen molar-refractivity contribution >= 4 is 15.9 Å². The molecule has 0 amide bonds. The van der Waals surface area contributed by atoms with Gasteiger partial charge in [0.05, 0.1) is 5.69 Å². The van der Waals surface area contributed by atoms with Gasteiger partial charge in [-0.25, -0.2) is 0 Å². The molecule has 0 aliphatic heterocycles. The van der Waals surface area contributed by atoms with Crippen LogP contribution in [0.3, 0.4) is 0 Å². The zero-order valence-electron chi connectivity index (χ0n) is 13.4. The maximum atomic E-state index is 4.52. The van der Waals surface area contributed by atoms with E-state index in [2.05, 4.69) is 79.8 Å². The van der Waals surface area contributed by atoms with Crippen LogP contribution >= 0.6 is 15.9 Å². The summed E-state index contributed by atoms with van der Waals surface area (Å²) in [4.78, 5) is 4.52. The lowest BCUT2D eigenvalue weighted by Crippen LogP contribution is -2.33. The molecule has 0 spiro atoms. The summed E-state index contributed by atoms with van der Waals surface area (Å²) in [6.45, 7) is 11.9. The van der Waals surface area contributed by atoms with E-state index in [4.69, 9.17) is 0 Å². The number of aromatic nitrogens is 1. The van der Waals surface area contributed by atoms with Gasteiger partial charge in [0.25, 0.3) is 0 Å². The first-order valence-corrected chi connectivity index (χ1v) is 8.31. The van der Waals surface area contributed by atoms with Gasteiger partial charge >= 0.3 is 0 Å². The van der Waals surface area contributed by atoms with Crippen molar-refractivity contribution < 1.29 is 0 Å². The van der Waals surface area contributed by atoms with Gasteiger partial charge in [0.1, 0.15) is 0 Å². The molecule has 0 saturated heterocycles. The Kier molecular flexibility index (Phi) is 3.29. The monoisotopic (exact) mass is 343 g/mol. The van der Waals surface area contributed by atoms with E-state index in [1.807, 2.05) is 12.3 Å². The molecule has 1 aliphatic carbocycles. The van der Waals surface area contributed by atoms with Crippen LogP contribution in [0.25, 0.3) is 11.3 Å². The van der Waals surface area contributed by atoms with Gasteiger partial charge in [-0.05, 0) is 62.0 Å². The lowest BCUT2D eigenvalue weighted by atomic mass is 9.65. The fourth-order valence-corrected chi connectivity index (χ4v) is 3.71. The third-order valence-corrected chi connectivity index (χ3v) is 6.38. The second-order valence-corrected chi connectivity index (χ2v) is 8.15. The first-order chi connectivity index (χ1) is 9.75. The first-order valence-electron chi connectivity index (χ1n) is 7.51. The maximum absolute atomic E-state index is 4.52. The Hall–Kier alpha value is -1.15. The fraction of sp³-hybridized carbons (Fsp3) is 0.421. The molecule has 1 aromatic carbocycles. The molecule has 3 rings (SSSR count). The third-order valence-electron chi connectivity index (χ3n) is 5.91. The second-order valence-electron chi connectivity index (χ2n) is 7.23. The van der Waals surface area contributed by atoms with Crippen LogP contribution in [0.4, 0.5) is 0 Å². The summed E-state index contributed by atoms with van der Waals surface area (Å²) < 4.78 is 1.02. The third kappa shape index (κ3) is 2.07. The largest absolute Gasteiger partial charge is 0.255 e. The molecule has 110 valence electrons. The minimum absolute atomic E-state index is 0.202. The average Bonchev–Trinajstić information content (AvgIpc) is 2.58. The Morgan fingerprint density at radius 2 is 1.76 bits per heavy atom. The van der Waals surface area contributed by atoms with Gasteiger partial charge in [-0.2, -0.15) is 0 Å². The number of pyridine rings is 1. The molecular weight excluding hydrogens is 322 g/mol. The van der Waals surface area contributed by atoms with Gasteiger partial charge in [0, 0.05) is 16.2 Å². The van der Waals surface area contributed by atoms with Crippen LogP contribution in [-0.4, -0.2) is 4.98 Å². The summed E-state index contributed by atoms with van der Waals surface area (Å²) in [6, 6.07) is 11.0. The standard InChI is InChI=1S/C19H22BrN/c1-12-15-10-13(17-9-7-14(20)11-21-17)6-8-16(15)19(4,5)18(12,2)3/h6-12H,1-5H3. The van der Waals surface area contributed by atoms with Crippen molar-refractivity contribution in [2.75, 3.05) is 0 Å². The highest BCUT2D eigenvalue weighted by atomic mass is 79.9. The topological polar surface area (TPSA) is 12.9 Å². The Labute approximate surface area is 135 Å². The molecule has 21 heavy (non-hydrogen) atoms. The van der Waals surface area contributed by atoms with Crippen molar-refractivity contribution in [2.45, 2.75) is 46.0 Å². The van der Waals surface area contributed by atoms with E-state index in [0.717, 1.165) is 10.2 Å². The van der Waals surface area contributed by atoms with Crippen molar-refractivity contribution in [2.24, 2.45) is 5.41 Å². The Bertz CT molecular complexity index is 683. The normalized spacial score (nSPS) is 22.1. The Morgan fingerprint density at radius 3 is 2.38 bits per heavy atom. The molecule has 1 aromatic heterocycles. The molecule has 1 atom stereocenters. The van der Waals surface area contributed by atoms with Crippen LogP contribution in [0.15, 0.2) is 41.0 Å². The number of fused-ring (bicyclic) bond motifs is 1. The summed E-state index contributed by atoms with van der Waals surface area (Å²) in [5.41, 5.74) is 5.68. The average molecular weight is 344 g/mol. The lowest BCUT2D eigenvalue weighted by molar-refractivity contribution is 0.190. The van der Waals surface area contributed by atoms with Crippen molar-refractivity contribution in [1.82, 2.24) is 4.98 Å². The van der Waals surface area contributed by atoms with Crippen molar-refractivity contribution in [3.8, 4) is 11.3 Å². The first kappa shape index (κ1) is 14.8. The minimum atomic E-state index is 0.202. The molecule has 0 fully saturated rings. The van der Waals surface area contributed by atoms with Crippen LogP contribution in [0.2, 0.25) is 0 Å². The quantitative estimate of drug-likeness (QED) is 0.625. The molecule has 1 heterocycles. The van der Waals surface area contributed by atoms with Gasteiger partial charge in [-0.15, -0.1) is 0 Å². The highest BCUT2D eigenvalue weighted by molar-refractivity contribution is 9.10. The molecule has 1 aliphatic rings.